The Morgan fingerprint density at radius 2 is 1.96 bits per heavy atom. The Morgan fingerprint density at radius 1 is 1.25 bits per heavy atom. The summed E-state index contributed by atoms with van der Waals surface area (Å²) in [4.78, 5) is 26.2. The quantitative estimate of drug-likeness (QED) is 0.925. The number of hydrogen-bond donors (Lipinski definition) is 1. The highest BCUT2D eigenvalue weighted by Crippen LogP contribution is 2.40. The average molecular weight is 343 g/mol. The van der Waals surface area contributed by atoms with Crippen molar-refractivity contribution >= 4 is 29.1 Å². The molecule has 0 bridgehead atoms. The number of hydrogen-bond acceptors (Lipinski definition) is 2. The van der Waals surface area contributed by atoms with E-state index in [1.165, 1.54) is 6.92 Å². The number of benzene rings is 2. The lowest BCUT2D eigenvalue weighted by Crippen LogP contribution is -2.36. The second-order valence-corrected chi connectivity index (χ2v) is 6.58. The fourth-order valence-electron chi connectivity index (χ4n) is 3.28. The average Bonchev–Trinajstić information content (AvgIpc) is 2.75. The molecular weight excluding hydrogens is 324 g/mol. The summed E-state index contributed by atoms with van der Waals surface area (Å²) in [5.74, 6) is -0.355. The molecule has 3 rings (SSSR count). The van der Waals surface area contributed by atoms with E-state index in [1.807, 2.05) is 50.2 Å². The number of carbonyl (C=O) groups excluding carboxylic acids is 2. The Kier molecular flexibility index (Phi) is 4.33. The summed E-state index contributed by atoms with van der Waals surface area (Å²) in [6.07, 6.45) is 0. The standard InChI is InChI=1S/C19H19ClN2O2/c1-11-8-12(2)18-15(9-11)17(21-13(3)23)19(24)22(18)10-14-6-4-5-7-16(14)20/h4-9,17H,10H2,1-3H3,(H,21,23)/t17-/m0/s1. The minimum atomic E-state index is -0.640. The minimum Gasteiger partial charge on any atom is -0.341 e. The Morgan fingerprint density at radius 3 is 2.62 bits per heavy atom. The molecule has 2 aromatic carbocycles. The van der Waals surface area contributed by atoms with Crippen molar-refractivity contribution in [2.24, 2.45) is 0 Å². The van der Waals surface area contributed by atoms with Gasteiger partial charge in [0, 0.05) is 17.5 Å². The van der Waals surface area contributed by atoms with Gasteiger partial charge in [0.2, 0.25) is 5.91 Å². The smallest absolute Gasteiger partial charge is 0.254 e. The van der Waals surface area contributed by atoms with E-state index in [0.717, 1.165) is 27.9 Å². The molecule has 2 aromatic rings. The molecule has 0 radical (unpaired) electrons. The van der Waals surface area contributed by atoms with Crippen LogP contribution in [0.2, 0.25) is 5.02 Å². The Hall–Kier alpha value is -2.33. The van der Waals surface area contributed by atoms with Gasteiger partial charge in [-0.3, -0.25) is 9.59 Å². The van der Waals surface area contributed by atoms with Gasteiger partial charge in [-0.1, -0.05) is 47.5 Å². The number of aryl methyl sites for hydroxylation is 2. The van der Waals surface area contributed by atoms with Crippen LogP contribution in [0.4, 0.5) is 5.69 Å². The molecule has 0 aromatic heterocycles. The van der Waals surface area contributed by atoms with Crippen LogP contribution in [0.15, 0.2) is 36.4 Å². The third kappa shape index (κ3) is 2.89. The first-order chi connectivity index (χ1) is 11.4. The number of amides is 2. The lowest BCUT2D eigenvalue weighted by Gasteiger charge is -2.20. The van der Waals surface area contributed by atoms with Crippen molar-refractivity contribution < 1.29 is 9.59 Å². The van der Waals surface area contributed by atoms with Crippen LogP contribution in [0, 0.1) is 13.8 Å². The Labute approximate surface area is 146 Å². The van der Waals surface area contributed by atoms with Crippen LogP contribution >= 0.6 is 11.6 Å². The molecular formula is C19H19ClN2O2. The number of rotatable bonds is 3. The first kappa shape index (κ1) is 16.5. The van der Waals surface area contributed by atoms with Gasteiger partial charge < -0.3 is 10.2 Å². The van der Waals surface area contributed by atoms with Crippen molar-refractivity contribution in [3.8, 4) is 0 Å². The molecule has 0 unspecified atom stereocenters. The number of halogens is 1. The molecule has 0 spiro atoms. The van der Waals surface area contributed by atoms with E-state index in [1.54, 1.807) is 4.90 Å². The maximum atomic E-state index is 12.9. The summed E-state index contributed by atoms with van der Waals surface area (Å²) in [7, 11) is 0. The van der Waals surface area contributed by atoms with Crippen molar-refractivity contribution in [3.05, 3.63) is 63.7 Å². The van der Waals surface area contributed by atoms with Gasteiger partial charge in [0.25, 0.3) is 5.91 Å². The van der Waals surface area contributed by atoms with E-state index in [4.69, 9.17) is 11.6 Å². The van der Waals surface area contributed by atoms with Crippen molar-refractivity contribution in [2.45, 2.75) is 33.4 Å². The molecule has 0 saturated heterocycles. The van der Waals surface area contributed by atoms with Crippen molar-refractivity contribution in [1.29, 1.82) is 0 Å². The molecule has 4 nitrogen and oxygen atoms in total. The summed E-state index contributed by atoms with van der Waals surface area (Å²) in [5, 5.41) is 3.39. The van der Waals surface area contributed by atoms with Gasteiger partial charge in [-0.15, -0.1) is 0 Å². The lowest BCUT2D eigenvalue weighted by molar-refractivity contribution is -0.126. The largest absolute Gasteiger partial charge is 0.341 e. The molecule has 1 atom stereocenters. The predicted molar refractivity (Wildman–Crippen MR) is 95.1 cm³/mol. The molecule has 1 N–H and O–H groups in total. The molecule has 24 heavy (non-hydrogen) atoms. The van der Waals surface area contributed by atoms with Gasteiger partial charge >= 0.3 is 0 Å². The van der Waals surface area contributed by atoms with Crippen LogP contribution in [-0.4, -0.2) is 11.8 Å². The third-order valence-electron chi connectivity index (χ3n) is 4.20. The van der Waals surface area contributed by atoms with Crippen molar-refractivity contribution in [1.82, 2.24) is 5.32 Å². The van der Waals surface area contributed by atoms with Gasteiger partial charge in [0.05, 0.1) is 12.2 Å². The molecule has 1 aliphatic heterocycles. The summed E-state index contributed by atoms with van der Waals surface area (Å²) < 4.78 is 0. The molecule has 1 heterocycles. The van der Waals surface area contributed by atoms with Crippen LogP contribution in [0.1, 0.15) is 35.2 Å². The fraction of sp³-hybridized carbons (Fsp3) is 0.263. The van der Waals surface area contributed by atoms with Crippen LogP contribution in [0.3, 0.4) is 0 Å². The SMILES string of the molecule is CC(=O)N[C@@H]1C(=O)N(Cc2ccccc2Cl)c2c(C)cc(C)cc21. The van der Waals surface area contributed by atoms with E-state index in [0.29, 0.717) is 11.6 Å². The zero-order valence-corrected chi connectivity index (χ0v) is 14.6. The molecule has 0 saturated carbocycles. The highest BCUT2D eigenvalue weighted by molar-refractivity contribution is 6.31. The monoisotopic (exact) mass is 342 g/mol. The van der Waals surface area contributed by atoms with Crippen molar-refractivity contribution in [2.75, 3.05) is 4.90 Å². The Balaban J connectivity index is 2.07. The highest BCUT2D eigenvalue weighted by Gasteiger charge is 2.39. The first-order valence-corrected chi connectivity index (χ1v) is 8.19. The lowest BCUT2D eigenvalue weighted by atomic mass is 10.0. The van der Waals surface area contributed by atoms with Gasteiger partial charge in [0.15, 0.2) is 0 Å². The first-order valence-electron chi connectivity index (χ1n) is 7.81. The normalized spacial score (nSPS) is 16.2. The molecule has 0 aliphatic carbocycles. The highest BCUT2D eigenvalue weighted by atomic mass is 35.5. The van der Waals surface area contributed by atoms with E-state index in [-0.39, 0.29) is 11.8 Å². The van der Waals surface area contributed by atoms with E-state index in [2.05, 4.69) is 5.32 Å². The maximum absolute atomic E-state index is 12.9. The number of carbonyl (C=O) groups is 2. The van der Waals surface area contributed by atoms with Gasteiger partial charge in [-0.2, -0.15) is 0 Å². The second-order valence-electron chi connectivity index (χ2n) is 6.17. The van der Waals surface area contributed by atoms with Crippen molar-refractivity contribution in [3.63, 3.8) is 0 Å². The third-order valence-corrected chi connectivity index (χ3v) is 4.57. The summed E-state index contributed by atoms with van der Waals surface area (Å²) in [6, 6.07) is 10.8. The number of anilines is 1. The minimum absolute atomic E-state index is 0.131. The van der Waals surface area contributed by atoms with Gasteiger partial charge in [-0.05, 0) is 31.0 Å². The molecule has 1 aliphatic rings. The topological polar surface area (TPSA) is 49.4 Å². The van der Waals surface area contributed by atoms with E-state index < -0.39 is 6.04 Å². The number of nitrogens with zero attached hydrogens (tertiary/aromatic N) is 1. The zero-order valence-electron chi connectivity index (χ0n) is 13.9. The molecule has 124 valence electrons. The summed E-state index contributed by atoms with van der Waals surface area (Å²) in [6.45, 7) is 5.77. The number of nitrogens with one attached hydrogen (secondary N) is 1. The second kappa shape index (κ2) is 6.29. The van der Waals surface area contributed by atoms with E-state index >= 15 is 0 Å². The van der Waals surface area contributed by atoms with E-state index in [9.17, 15) is 9.59 Å². The summed E-state index contributed by atoms with van der Waals surface area (Å²) >= 11 is 6.26. The molecule has 2 amide bonds. The Bertz CT molecular complexity index is 832. The number of fused-ring (bicyclic) bond motifs is 1. The summed E-state index contributed by atoms with van der Waals surface area (Å²) in [5.41, 5.74) is 4.66. The fourth-order valence-corrected chi connectivity index (χ4v) is 3.47. The van der Waals surface area contributed by atoms with Gasteiger partial charge in [0.1, 0.15) is 6.04 Å². The zero-order chi connectivity index (χ0) is 17.4. The van der Waals surface area contributed by atoms with Crippen LogP contribution < -0.4 is 10.2 Å². The van der Waals surface area contributed by atoms with Crippen LogP contribution in [0.25, 0.3) is 0 Å². The maximum Gasteiger partial charge on any atom is 0.254 e. The van der Waals surface area contributed by atoms with Crippen LogP contribution in [-0.2, 0) is 16.1 Å². The van der Waals surface area contributed by atoms with Crippen LogP contribution in [0.5, 0.6) is 0 Å². The molecule has 5 heteroatoms. The predicted octanol–water partition coefficient (Wildman–Crippen LogP) is 3.68. The molecule has 0 fully saturated rings. The van der Waals surface area contributed by atoms with Gasteiger partial charge in [-0.25, -0.2) is 0 Å².